The molecule has 1 rings (SSSR count). The Morgan fingerprint density at radius 1 is 1.40 bits per heavy atom. The number of carboxylic acids is 1. The number of nitrogens with two attached hydrogens (primary N) is 1. The summed E-state index contributed by atoms with van der Waals surface area (Å²) in [6.45, 7) is -0.569. The zero-order valence-electron chi connectivity index (χ0n) is 8.27. The molecular formula is C11H14FNO2. The third-order valence-corrected chi connectivity index (χ3v) is 2.37. The van der Waals surface area contributed by atoms with Crippen molar-refractivity contribution in [2.75, 3.05) is 6.67 Å². The highest BCUT2D eigenvalue weighted by atomic mass is 19.1. The molecule has 0 saturated carbocycles. The van der Waals surface area contributed by atoms with Gasteiger partial charge in [-0.05, 0) is 12.0 Å². The Labute approximate surface area is 87.7 Å². The molecule has 0 bridgehead atoms. The average molecular weight is 211 g/mol. The van der Waals surface area contributed by atoms with Gasteiger partial charge in [0.25, 0.3) is 0 Å². The lowest BCUT2D eigenvalue weighted by Crippen LogP contribution is -2.36. The highest BCUT2D eigenvalue weighted by Crippen LogP contribution is 2.22. The van der Waals surface area contributed by atoms with Gasteiger partial charge in [-0.2, -0.15) is 0 Å². The first-order chi connectivity index (χ1) is 7.16. The minimum atomic E-state index is -1.10. The fourth-order valence-electron chi connectivity index (χ4n) is 1.54. The molecule has 2 atom stereocenters. The summed E-state index contributed by atoms with van der Waals surface area (Å²) in [5, 5.41) is 8.79. The number of aliphatic carboxylic acids is 1. The summed E-state index contributed by atoms with van der Waals surface area (Å²) in [6.07, 6.45) is 0.136. The Morgan fingerprint density at radius 2 is 2.00 bits per heavy atom. The van der Waals surface area contributed by atoms with Crippen molar-refractivity contribution in [2.24, 2.45) is 5.73 Å². The highest BCUT2D eigenvalue weighted by molar-refractivity contribution is 5.74. The minimum Gasteiger partial charge on any atom is -0.480 e. The van der Waals surface area contributed by atoms with Gasteiger partial charge in [-0.1, -0.05) is 30.3 Å². The molecule has 3 nitrogen and oxygen atoms in total. The zero-order chi connectivity index (χ0) is 11.3. The summed E-state index contributed by atoms with van der Waals surface area (Å²) in [5.41, 5.74) is 6.28. The van der Waals surface area contributed by atoms with E-state index in [0.717, 1.165) is 5.56 Å². The van der Waals surface area contributed by atoms with E-state index in [4.69, 9.17) is 10.8 Å². The van der Waals surface area contributed by atoms with E-state index in [0.29, 0.717) is 0 Å². The van der Waals surface area contributed by atoms with E-state index < -0.39 is 24.6 Å². The van der Waals surface area contributed by atoms with Crippen molar-refractivity contribution in [1.29, 1.82) is 0 Å². The summed E-state index contributed by atoms with van der Waals surface area (Å²) in [4.78, 5) is 10.7. The topological polar surface area (TPSA) is 63.3 Å². The van der Waals surface area contributed by atoms with Gasteiger partial charge in [0.05, 0.1) is 6.67 Å². The molecule has 0 heterocycles. The number of carboxylic acid groups (broad SMARTS) is 1. The fraction of sp³-hybridized carbons (Fsp3) is 0.364. The number of carbonyl (C=O) groups is 1. The van der Waals surface area contributed by atoms with Gasteiger partial charge in [-0.15, -0.1) is 0 Å². The van der Waals surface area contributed by atoms with Crippen molar-refractivity contribution in [2.45, 2.75) is 18.4 Å². The molecule has 4 heteroatoms. The largest absolute Gasteiger partial charge is 0.480 e. The lowest BCUT2D eigenvalue weighted by Gasteiger charge is -2.19. The summed E-state index contributed by atoms with van der Waals surface area (Å²) in [7, 11) is 0. The molecule has 0 saturated heterocycles. The molecule has 15 heavy (non-hydrogen) atoms. The van der Waals surface area contributed by atoms with Crippen LogP contribution in [0, 0.1) is 0 Å². The maximum atomic E-state index is 12.3. The number of rotatable bonds is 5. The van der Waals surface area contributed by atoms with Crippen LogP contribution >= 0.6 is 0 Å². The van der Waals surface area contributed by atoms with E-state index in [2.05, 4.69) is 0 Å². The summed E-state index contributed by atoms with van der Waals surface area (Å²) in [6, 6.07) is 7.88. The van der Waals surface area contributed by atoms with Crippen LogP contribution < -0.4 is 5.73 Å². The predicted octanol–water partition coefficient (Wildman–Crippen LogP) is 1.54. The third kappa shape index (κ3) is 3.02. The first kappa shape index (κ1) is 11.7. The van der Waals surface area contributed by atoms with E-state index in [-0.39, 0.29) is 6.42 Å². The third-order valence-electron chi connectivity index (χ3n) is 2.37. The molecule has 3 N–H and O–H groups in total. The van der Waals surface area contributed by atoms with Gasteiger partial charge in [0.15, 0.2) is 0 Å². The molecule has 2 unspecified atom stereocenters. The molecule has 0 amide bonds. The normalized spacial score (nSPS) is 14.5. The van der Waals surface area contributed by atoms with Crippen molar-refractivity contribution in [1.82, 2.24) is 0 Å². The first-order valence-electron chi connectivity index (χ1n) is 4.76. The molecule has 1 aromatic carbocycles. The Kier molecular flexibility index (Phi) is 4.24. The maximum Gasteiger partial charge on any atom is 0.321 e. The lowest BCUT2D eigenvalue weighted by atomic mass is 9.89. The lowest BCUT2D eigenvalue weighted by molar-refractivity contribution is -0.139. The molecule has 0 fully saturated rings. The van der Waals surface area contributed by atoms with Gasteiger partial charge in [0, 0.05) is 5.92 Å². The average Bonchev–Trinajstić information content (AvgIpc) is 2.26. The van der Waals surface area contributed by atoms with Crippen LogP contribution in [0.2, 0.25) is 0 Å². The van der Waals surface area contributed by atoms with Crippen LogP contribution in [0.4, 0.5) is 4.39 Å². The van der Waals surface area contributed by atoms with Crippen LogP contribution in [-0.4, -0.2) is 23.8 Å². The van der Waals surface area contributed by atoms with E-state index in [1.807, 2.05) is 6.07 Å². The summed E-state index contributed by atoms with van der Waals surface area (Å²) in [5.74, 6) is -1.56. The van der Waals surface area contributed by atoms with Crippen molar-refractivity contribution in [3.63, 3.8) is 0 Å². The number of hydrogen-bond acceptors (Lipinski definition) is 2. The van der Waals surface area contributed by atoms with Gasteiger partial charge < -0.3 is 10.8 Å². The highest BCUT2D eigenvalue weighted by Gasteiger charge is 2.25. The Balaban J connectivity index is 2.87. The van der Waals surface area contributed by atoms with Crippen molar-refractivity contribution >= 4 is 5.97 Å². The first-order valence-corrected chi connectivity index (χ1v) is 4.76. The molecular weight excluding hydrogens is 197 g/mol. The van der Waals surface area contributed by atoms with Crippen LogP contribution in [0.15, 0.2) is 30.3 Å². The second-order valence-corrected chi connectivity index (χ2v) is 3.36. The van der Waals surface area contributed by atoms with E-state index in [1.54, 1.807) is 24.3 Å². The van der Waals surface area contributed by atoms with Gasteiger partial charge in [-0.3, -0.25) is 9.18 Å². The number of halogens is 1. The summed E-state index contributed by atoms with van der Waals surface area (Å²) >= 11 is 0. The van der Waals surface area contributed by atoms with Crippen LogP contribution in [0.3, 0.4) is 0 Å². The summed E-state index contributed by atoms with van der Waals surface area (Å²) < 4.78 is 12.3. The Morgan fingerprint density at radius 3 is 2.47 bits per heavy atom. The van der Waals surface area contributed by atoms with Gasteiger partial charge in [0.1, 0.15) is 6.04 Å². The van der Waals surface area contributed by atoms with Gasteiger partial charge >= 0.3 is 5.97 Å². The van der Waals surface area contributed by atoms with Gasteiger partial charge in [-0.25, -0.2) is 0 Å². The fourth-order valence-corrected chi connectivity index (χ4v) is 1.54. The molecule has 0 spiro atoms. The van der Waals surface area contributed by atoms with E-state index in [1.165, 1.54) is 0 Å². The Hall–Kier alpha value is -1.42. The standard InChI is InChI=1S/C11H14FNO2/c12-7-6-9(10(13)11(14)15)8-4-2-1-3-5-8/h1-5,9-10H,6-7,13H2,(H,14,15). The van der Waals surface area contributed by atoms with Crippen LogP contribution in [-0.2, 0) is 4.79 Å². The minimum absolute atomic E-state index is 0.136. The number of benzene rings is 1. The molecule has 0 aliphatic heterocycles. The SMILES string of the molecule is NC(C(=O)O)C(CCF)c1ccccc1. The maximum absolute atomic E-state index is 12.3. The molecule has 0 aromatic heterocycles. The van der Waals surface area contributed by atoms with Gasteiger partial charge in [0.2, 0.25) is 0 Å². The Bertz CT molecular complexity index is 316. The monoisotopic (exact) mass is 211 g/mol. The smallest absolute Gasteiger partial charge is 0.321 e. The van der Waals surface area contributed by atoms with Crippen molar-refractivity contribution in [3.8, 4) is 0 Å². The van der Waals surface area contributed by atoms with Crippen molar-refractivity contribution < 1.29 is 14.3 Å². The quantitative estimate of drug-likeness (QED) is 0.776. The molecule has 82 valence electrons. The van der Waals surface area contributed by atoms with E-state index >= 15 is 0 Å². The van der Waals surface area contributed by atoms with Crippen LogP contribution in [0.1, 0.15) is 17.9 Å². The zero-order valence-corrected chi connectivity index (χ0v) is 8.27. The van der Waals surface area contributed by atoms with Crippen molar-refractivity contribution in [3.05, 3.63) is 35.9 Å². The molecule has 0 aliphatic carbocycles. The molecule has 0 radical (unpaired) electrons. The second kappa shape index (κ2) is 5.46. The predicted molar refractivity (Wildman–Crippen MR) is 55.4 cm³/mol. The molecule has 1 aromatic rings. The number of hydrogen-bond donors (Lipinski definition) is 2. The van der Waals surface area contributed by atoms with Crippen LogP contribution in [0.5, 0.6) is 0 Å². The second-order valence-electron chi connectivity index (χ2n) is 3.36. The van der Waals surface area contributed by atoms with Crippen LogP contribution in [0.25, 0.3) is 0 Å². The number of alkyl halides is 1. The molecule has 0 aliphatic rings. The van der Waals surface area contributed by atoms with E-state index in [9.17, 15) is 9.18 Å².